The summed E-state index contributed by atoms with van der Waals surface area (Å²) >= 11 is 0. The number of imidazole rings is 1. The topological polar surface area (TPSA) is 74.4 Å². The Balaban J connectivity index is 1.87. The maximum atomic E-state index is 11.3. The van der Waals surface area contributed by atoms with Crippen LogP contribution in [-0.4, -0.2) is 20.2 Å². The van der Waals surface area contributed by atoms with Gasteiger partial charge in [0.05, 0.1) is 5.69 Å². The lowest BCUT2D eigenvalue weighted by Crippen LogP contribution is -2.07. The number of benzene rings is 1. The molecule has 92 valence electrons. The highest BCUT2D eigenvalue weighted by Crippen LogP contribution is 2.35. The number of nitrogens with zero attached hydrogens (tertiary/aromatic N) is 2. The Labute approximate surface area is 108 Å². The van der Waals surface area contributed by atoms with E-state index in [-0.39, 0.29) is 5.56 Å². The van der Waals surface area contributed by atoms with Gasteiger partial charge in [0, 0.05) is 36.0 Å². The SMILES string of the molecule is O=c1cc2c(n[nH]1)-c1ccc(-c3ncc[nH]3)cc1C2. The van der Waals surface area contributed by atoms with E-state index in [2.05, 4.69) is 26.2 Å². The van der Waals surface area contributed by atoms with Crippen molar-refractivity contribution in [1.29, 1.82) is 0 Å². The van der Waals surface area contributed by atoms with Crippen LogP contribution in [0.2, 0.25) is 0 Å². The van der Waals surface area contributed by atoms with Crippen LogP contribution in [0, 0.1) is 0 Å². The van der Waals surface area contributed by atoms with E-state index < -0.39 is 0 Å². The van der Waals surface area contributed by atoms with Crippen LogP contribution >= 0.6 is 0 Å². The van der Waals surface area contributed by atoms with Crippen molar-refractivity contribution in [3.05, 3.63) is 58.1 Å². The van der Waals surface area contributed by atoms with Gasteiger partial charge in [-0.15, -0.1) is 0 Å². The van der Waals surface area contributed by atoms with E-state index in [1.165, 1.54) is 5.56 Å². The van der Waals surface area contributed by atoms with Crippen LogP contribution in [0.3, 0.4) is 0 Å². The Bertz CT molecular complexity index is 818. The second-order valence-corrected chi connectivity index (χ2v) is 4.59. The van der Waals surface area contributed by atoms with E-state index in [9.17, 15) is 4.79 Å². The molecular weight excluding hydrogens is 240 g/mol. The second-order valence-electron chi connectivity index (χ2n) is 4.59. The van der Waals surface area contributed by atoms with Crippen LogP contribution in [-0.2, 0) is 6.42 Å². The highest BCUT2D eigenvalue weighted by molar-refractivity contribution is 5.76. The standard InChI is InChI=1S/C14H10N4O/c19-12-7-10-6-9-5-8(14-15-3-4-16-14)1-2-11(9)13(10)18-17-12/h1-5,7H,6H2,(H,15,16)(H,17,19). The van der Waals surface area contributed by atoms with Gasteiger partial charge >= 0.3 is 0 Å². The number of aromatic amines is 2. The second kappa shape index (κ2) is 3.65. The van der Waals surface area contributed by atoms with E-state index in [0.29, 0.717) is 0 Å². The average Bonchev–Trinajstić information content (AvgIpc) is 3.04. The van der Waals surface area contributed by atoms with E-state index >= 15 is 0 Å². The number of hydrogen-bond acceptors (Lipinski definition) is 3. The summed E-state index contributed by atoms with van der Waals surface area (Å²) in [6.07, 6.45) is 4.28. The molecule has 0 saturated carbocycles. The zero-order chi connectivity index (χ0) is 12.8. The molecule has 0 spiro atoms. The molecule has 0 saturated heterocycles. The Morgan fingerprint density at radius 2 is 2.11 bits per heavy atom. The molecule has 0 amide bonds. The third-order valence-electron chi connectivity index (χ3n) is 3.40. The highest BCUT2D eigenvalue weighted by atomic mass is 16.1. The lowest BCUT2D eigenvalue weighted by atomic mass is 10.1. The van der Waals surface area contributed by atoms with E-state index in [0.717, 1.165) is 34.6 Å². The minimum absolute atomic E-state index is 0.155. The van der Waals surface area contributed by atoms with Crippen molar-refractivity contribution < 1.29 is 0 Å². The molecule has 0 fully saturated rings. The molecule has 0 radical (unpaired) electrons. The van der Waals surface area contributed by atoms with Gasteiger partial charge in [0.1, 0.15) is 5.82 Å². The normalized spacial score (nSPS) is 12.2. The molecule has 1 aromatic carbocycles. The van der Waals surface area contributed by atoms with E-state index in [1.807, 2.05) is 12.1 Å². The quantitative estimate of drug-likeness (QED) is 0.540. The smallest absolute Gasteiger partial charge is 0.264 e. The van der Waals surface area contributed by atoms with Gasteiger partial charge in [0.2, 0.25) is 0 Å². The molecule has 0 bridgehead atoms. The molecule has 1 aliphatic rings. The lowest BCUT2D eigenvalue weighted by Gasteiger charge is -2.02. The van der Waals surface area contributed by atoms with Crippen LogP contribution in [0.5, 0.6) is 0 Å². The first-order chi connectivity index (χ1) is 9.31. The minimum atomic E-state index is -0.155. The van der Waals surface area contributed by atoms with Crippen molar-refractivity contribution in [2.24, 2.45) is 0 Å². The third kappa shape index (κ3) is 1.52. The van der Waals surface area contributed by atoms with Gasteiger partial charge in [-0.1, -0.05) is 12.1 Å². The first kappa shape index (κ1) is 10.3. The van der Waals surface area contributed by atoms with Gasteiger partial charge in [-0.25, -0.2) is 10.1 Å². The summed E-state index contributed by atoms with van der Waals surface area (Å²) in [7, 11) is 0. The van der Waals surface area contributed by atoms with Crippen LogP contribution in [0.4, 0.5) is 0 Å². The summed E-state index contributed by atoms with van der Waals surface area (Å²) in [6.45, 7) is 0. The van der Waals surface area contributed by atoms with Gasteiger partial charge in [-0.05, 0) is 17.2 Å². The van der Waals surface area contributed by atoms with E-state index in [1.54, 1.807) is 18.5 Å². The molecule has 2 N–H and O–H groups in total. The van der Waals surface area contributed by atoms with Crippen LogP contribution < -0.4 is 5.56 Å². The first-order valence-electron chi connectivity index (χ1n) is 6.03. The Kier molecular flexibility index (Phi) is 1.97. The summed E-state index contributed by atoms with van der Waals surface area (Å²) in [4.78, 5) is 18.6. The zero-order valence-corrected chi connectivity index (χ0v) is 9.97. The fraction of sp³-hybridized carbons (Fsp3) is 0.0714. The maximum absolute atomic E-state index is 11.3. The number of nitrogens with one attached hydrogen (secondary N) is 2. The molecule has 4 rings (SSSR count). The van der Waals surface area contributed by atoms with Crippen LogP contribution in [0.15, 0.2) is 41.5 Å². The van der Waals surface area contributed by atoms with Crippen molar-refractivity contribution in [1.82, 2.24) is 20.2 Å². The van der Waals surface area contributed by atoms with Gasteiger partial charge in [-0.2, -0.15) is 5.10 Å². The Morgan fingerprint density at radius 1 is 1.16 bits per heavy atom. The zero-order valence-electron chi connectivity index (χ0n) is 9.97. The predicted molar refractivity (Wildman–Crippen MR) is 70.7 cm³/mol. The van der Waals surface area contributed by atoms with Gasteiger partial charge in [-0.3, -0.25) is 4.79 Å². The van der Waals surface area contributed by atoms with E-state index in [4.69, 9.17) is 0 Å². The van der Waals surface area contributed by atoms with Crippen molar-refractivity contribution in [3.63, 3.8) is 0 Å². The van der Waals surface area contributed by atoms with Crippen molar-refractivity contribution >= 4 is 0 Å². The molecule has 19 heavy (non-hydrogen) atoms. The fourth-order valence-corrected chi connectivity index (χ4v) is 2.56. The number of rotatable bonds is 1. The summed E-state index contributed by atoms with van der Waals surface area (Å²) < 4.78 is 0. The van der Waals surface area contributed by atoms with Gasteiger partial charge in [0.15, 0.2) is 0 Å². The van der Waals surface area contributed by atoms with Crippen LogP contribution in [0.1, 0.15) is 11.1 Å². The summed E-state index contributed by atoms with van der Waals surface area (Å²) in [5.41, 5.74) is 5.01. The molecule has 0 unspecified atom stereocenters. The fourth-order valence-electron chi connectivity index (χ4n) is 2.56. The Hall–Kier alpha value is -2.69. The largest absolute Gasteiger partial charge is 0.345 e. The summed E-state index contributed by atoms with van der Waals surface area (Å²) in [5.74, 6) is 0.850. The average molecular weight is 250 g/mol. The predicted octanol–water partition coefficient (Wildman–Crippen LogP) is 1.73. The molecule has 3 aromatic rings. The van der Waals surface area contributed by atoms with Crippen molar-refractivity contribution in [3.8, 4) is 22.6 Å². The number of fused-ring (bicyclic) bond motifs is 3. The van der Waals surface area contributed by atoms with Gasteiger partial charge < -0.3 is 4.98 Å². The summed E-state index contributed by atoms with van der Waals surface area (Å²) in [6, 6.07) is 7.76. The monoisotopic (exact) mass is 250 g/mol. The molecule has 2 heterocycles. The highest BCUT2D eigenvalue weighted by Gasteiger charge is 2.21. The first-order valence-corrected chi connectivity index (χ1v) is 6.03. The molecule has 2 aromatic heterocycles. The summed E-state index contributed by atoms with van der Waals surface area (Å²) in [5, 5.41) is 6.62. The Morgan fingerprint density at radius 3 is 2.95 bits per heavy atom. The number of H-pyrrole nitrogens is 2. The van der Waals surface area contributed by atoms with Crippen LogP contribution in [0.25, 0.3) is 22.6 Å². The molecular formula is C14H10N4O. The third-order valence-corrected chi connectivity index (χ3v) is 3.40. The minimum Gasteiger partial charge on any atom is -0.345 e. The van der Waals surface area contributed by atoms with Crippen molar-refractivity contribution in [2.45, 2.75) is 6.42 Å². The van der Waals surface area contributed by atoms with Gasteiger partial charge in [0.25, 0.3) is 5.56 Å². The molecule has 0 atom stereocenters. The maximum Gasteiger partial charge on any atom is 0.264 e. The lowest BCUT2D eigenvalue weighted by molar-refractivity contribution is 0.983. The number of aromatic nitrogens is 4. The molecule has 1 aliphatic carbocycles. The number of hydrogen-bond donors (Lipinski definition) is 2. The van der Waals surface area contributed by atoms with Crippen molar-refractivity contribution in [2.75, 3.05) is 0 Å². The molecule has 0 aliphatic heterocycles. The molecule has 5 heteroatoms. The molecule has 5 nitrogen and oxygen atoms in total.